The standard InChI is InChI=1S/C17H27N3O2S2/c1-20(2)11-7-10-18-17(23)19-15-14(16(21)22-3)12-8-5-4-6-9-13(12)24-15/h4-11H2,1-3H3,(H2,18,19,23). The van der Waals surface area contributed by atoms with Crippen LogP contribution in [0.1, 0.15) is 46.5 Å². The first-order chi connectivity index (χ1) is 11.5. The summed E-state index contributed by atoms with van der Waals surface area (Å²) in [6.07, 6.45) is 6.52. The molecule has 0 aromatic carbocycles. The van der Waals surface area contributed by atoms with Crippen LogP contribution >= 0.6 is 23.6 Å². The van der Waals surface area contributed by atoms with Gasteiger partial charge in [-0.2, -0.15) is 0 Å². The van der Waals surface area contributed by atoms with Crippen molar-refractivity contribution in [3.8, 4) is 0 Å². The van der Waals surface area contributed by atoms with E-state index in [1.54, 1.807) is 11.3 Å². The van der Waals surface area contributed by atoms with E-state index in [9.17, 15) is 4.79 Å². The monoisotopic (exact) mass is 369 g/mol. The van der Waals surface area contributed by atoms with E-state index in [0.29, 0.717) is 10.7 Å². The number of fused-ring (bicyclic) bond motifs is 1. The minimum Gasteiger partial charge on any atom is -0.465 e. The summed E-state index contributed by atoms with van der Waals surface area (Å²) in [4.78, 5) is 15.7. The van der Waals surface area contributed by atoms with Gasteiger partial charge in [-0.25, -0.2) is 4.79 Å². The molecule has 0 fully saturated rings. The minimum atomic E-state index is -0.271. The molecule has 0 amide bonds. The highest BCUT2D eigenvalue weighted by molar-refractivity contribution is 7.80. The Morgan fingerprint density at radius 3 is 2.75 bits per heavy atom. The number of thiophene rings is 1. The SMILES string of the molecule is COC(=O)c1c(NC(=S)NCCCN(C)C)sc2c1CCCCC2. The van der Waals surface area contributed by atoms with E-state index in [-0.39, 0.29) is 5.97 Å². The summed E-state index contributed by atoms with van der Waals surface area (Å²) in [6.45, 7) is 1.82. The molecule has 2 N–H and O–H groups in total. The molecule has 1 aromatic heterocycles. The predicted molar refractivity (Wildman–Crippen MR) is 104 cm³/mol. The Balaban J connectivity index is 2.06. The van der Waals surface area contributed by atoms with Crippen LogP contribution in [0.5, 0.6) is 0 Å². The number of hydrogen-bond acceptors (Lipinski definition) is 5. The Kier molecular flexibility index (Phi) is 7.45. The maximum atomic E-state index is 12.3. The van der Waals surface area contributed by atoms with Crippen molar-refractivity contribution in [1.29, 1.82) is 0 Å². The number of anilines is 1. The van der Waals surface area contributed by atoms with Crippen molar-refractivity contribution in [2.75, 3.05) is 39.6 Å². The van der Waals surface area contributed by atoms with Gasteiger partial charge in [0.1, 0.15) is 5.00 Å². The normalized spacial score (nSPS) is 14.0. The third-order valence-electron chi connectivity index (χ3n) is 4.11. The number of carbonyl (C=O) groups excluding carboxylic acids is 1. The van der Waals surface area contributed by atoms with Crippen molar-refractivity contribution in [2.45, 2.75) is 38.5 Å². The second-order valence-corrected chi connectivity index (χ2v) is 7.81. The van der Waals surface area contributed by atoms with Crippen LogP contribution in [0.25, 0.3) is 0 Å². The van der Waals surface area contributed by atoms with Crippen molar-refractivity contribution >= 4 is 39.6 Å². The smallest absolute Gasteiger partial charge is 0.341 e. The molecular formula is C17H27N3O2S2. The number of nitrogens with one attached hydrogen (secondary N) is 2. The quantitative estimate of drug-likeness (QED) is 0.348. The topological polar surface area (TPSA) is 53.6 Å². The molecule has 1 aliphatic carbocycles. The zero-order chi connectivity index (χ0) is 17.5. The Hall–Kier alpha value is -1.18. The first-order valence-electron chi connectivity index (χ1n) is 8.45. The summed E-state index contributed by atoms with van der Waals surface area (Å²) in [7, 11) is 5.54. The van der Waals surface area contributed by atoms with Crippen LogP contribution in [0.3, 0.4) is 0 Å². The summed E-state index contributed by atoms with van der Waals surface area (Å²) in [5.74, 6) is -0.271. The van der Waals surface area contributed by atoms with E-state index >= 15 is 0 Å². The van der Waals surface area contributed by atoms with E-state index in [1.807, 2.05) is 0 Å². The molecule has 0 spiro atoms. The van der Waals surface area contributed by atoms with E-state index in [0.717, 1.165) is 49.3 Å². The molecule has 1 aromatic rings. The summed E-state index contributed by atoms with van der Waals surface area (Å²) < 4.78 is 5.01. The third-order valence-corrected chi connectivity index (χ3v) is 5.56. The molecule has 0 atom stereocenters. The van der Waals surface area contributed by atoms with Gasteiger partial charge in [0.2, 0.25) is 0 Å². The zero-order valence-electron chi connectivity index (χ0n) is 14.7. The molecule has 7 heteroatoms. The van der Waals surface area contributed by atoms with Crippen LogP contribution in [0, 0.1) is 0 Å². The lowest BCUT2D eigenvalue weighted by Gasteiger charge is -2.13. The molecule has 5 nitrogen and oxygen atoms in total. The number of ether oxygens (including phenoxy) is 1. The van der Waals surface area contributed by atoms with Gasteiger partial charge in [0.25, 0.3) is 0 Å². The summed E-state index contributed by atoms with van der Waals surface area (Å²) in [5.41, 5.74) is 1.83. The second kappa shape index (κ2) is 9.34. The van der Waals surface area contributed by atoms with Gasteiger partial charge in [-0.05, 0) is 70.5 Å². The first-order valence-corrected chi connectivity index (χ1v) is 9.67. The van der Waals surface area contributed by atoms with Gasteiger partial charge in [-0.1, -0.05) is 6.42 Å². The summed E-state index contributed by atoms with van der Waals surface area (Å²) >= 11 is 7.03. The lowest BCUT2D eigenvalue weighted by molar-refractivity contribution is 0.0601. The number of carbonyl (C=O) groups is 1. The third kappa shape index (κ3) is 5.16. The fourth-order valence-corrected chi connectivity index (χ4v) is 4.44. The average molecular weight is 370 g/mol. The zero-order valence-corrected chi connectivity index (χ0v) is 16.4. The number of nitrogens with zero attached hydrogens (tertiary/aromatic N) is 1. The van der Waals surface area contributed by atoms with Gasteiger partial charge in [-0.15, -0.1) is 11.3 Å². The first kappa shape index (κ1) is 19.1. The van der Waals surface area contributed by atoms with Crippen LogP contribution in [-0.4, -0.2) is 50.3 Å². The van der Waals surface area contributed by atoms with Crippen LogP contribution in [0.2, 0.25) is 0 Å². The van der Waals surface area contributed by atoms with Gasteiger partial charge < -0.3 is 20.3 Å². The van der Waals surface area contributed by atoms with E-state index in [1.165, 1.54) is 24.8 Å². The van der Waals surface area contributed by atoms with Crippen molar-refractivity contribution < 1.29 is 9.53 Å². The van der Waals surface area contributed by atoms with Crippen LogP contribution in [0.4, 0.5) is 5.00 Å². The molecule has 1 aliphatic rings. The summed E-state index contributed by atoms with van der Waals surface area (Å²) in [6, 6.07) is 0. The van der Waals surface area contributed by atoms with Gasteiger partial charge in [0.05, 0.1) is 12.7 Å². The largest absolute Gasteiger partial charge is 0.465 e. The Morgan fingerprint density at radius 1 is 1.29 bits per heavy atom. The van der Waals surface area contributed by atoms with Gasteiger partial charge in [0.15, 0.2) is 5.11 Å². The second-order valence-electron chi connectivity index (χ2n) is 6.30. The molecule has 0 radical (unpaired) electrons. The maximum Gasteiger partial charge on any atom is 0.341 e. The van der Waals surface area contributed by atoms with E-state index in [2.05, 4.69) is 29.6 Å². The molecule has 134 valence electrons. The van der Waals surface area contributed by atoms with Gasteiger partial charge in [-0.3, -0.25) is 0 Å². The molecular weight excluding hydrogens is 342 g/mol. The Labute approximate surface area is 153 Å². The fraction of sp³-hybridized carbons (Fsp3) is 0.647. The van der Waals surface area contributed by atoms with E-state index in [4.69, 9.17) is 17.0 Å². The van der Waals surface area contributed by atoms with Crippen molar-refractivity contribution in [3.63, 3.8) is 0 Å². The Morgan fingerprint density at radius 2 is 2.04 bits per heavy atom. The lowest BCUT2D eigenvalue weighted by atomic mass is 10.1. The van der Waals surface area contributed by atoms with Crippen molar-refractivity contribution in [2.24, 2.45) is 0 Å². The molecule has 0 saturated carbocycles. The molecule has 1 heterocycles. The molecule has 24 heavy (non-hydrogen) atoms. The molecule has 0 bridgehead atoms. The van der Waals surface area contributed by atoms with Crippen LogP contribution < -0.4 is 10.6 Å². The highest BCUT2D eigenvalue weighted by atomic mass is 32.1. The number of hydrogen-bond donors (Lipinski definition) is 2. The van der Waals surface area contributed by atoms with Gasteiger partial charge in [0, 0.05) is 11.4 Å². The molecule has 0 aliphatic heterocycles. The number of esters is 1. The van der Waals surface area contributed by atoms with Crippen molar-refractivity contribution in [1.82, 2.24) is 10.2 Å². The average Bonchev–Trinajstić information content (AvgIpc) is 2.72. The fourth-order valence-electron chi connectivity index (χ4n) is 2.89. The molecule has 0 unspecified atom stereocenters. The molecule has 2 rings (SSSR count). The Bertz CT molecular complexity index is 585. The maximum absolute atomic E-state index is 12.3. The number of rotatable bonds is 6. The lowest BCUT2D eigenvalue weighted by Crippen LogP contribution is -2.31. The number of methoxy groups -OCH3 is 1. The highest BCUT2D eigenvalue weighted by Crippen LogP contribution is 2.37. The summed E-state index contributed by atoms with van der Waals surface area (Å²) in [5, 5.41) is 7.81. The number of aryl methyl sites for hydroxylation is 1. The number of thiocarbonyl (C=S) groups is 1. The molecule has 0 saturated heterocycles. The van der Waals surface area contributed by atoms with E-state index < -0.39 is 0 Å². The van der Waals surface area contributed by atoms with Gasteiger partial charge >= 0.3 is 5.97 Å². The minimum absolute atomic E-state index is 0.271. The van der Waals surface area contributed by atoms with Crippen LogP contribution in [0.15, 0.2) is 0 Å². The highest BCUT2D eigenvalue weighted by Gasteiger charge is 2.25. The van der Waals surface area contributed by atoms with Crippen molar-refractivity contribution in [3.05, 3.63) is 16.0 Å². The van der Waals surface area contributed by atoms with Crippen LogP contribution in [-0.2, 0) is 17.6 Å². The predicted octanol–water partition coefficient (Wildman–Crippen LogP) is 3.04.